The van der Waals surface area contributed by atoms with E-state index in [0.29, 0.717) is 0 Å². The van der Waals surface area contributed by atoms with Gasteiger partial charge in [0.05, 0.1) is 40.1 Å². The number of phenols is 1. The number of benzene rings is 2. The second kappa shape index (κ2) is 14.4. The minimum atomic E-state index is -2.18. The number of fused-ring (bicyclic) bond motifs is 1. The first-order valence-corrected chi connectivity index (χ1v) is 15.6. The van der Waals surface area contributed by atoms with Crippen LogP contribution >= 0.6 is 0 Å². The van der Waals surface area contributed by atoms with Crippen LogP contribution in [0.5, 0.6) is 23.0 Å². The van der Waals surface area contributed by atoms with Crippen LogP contribution < -0.4 is 19.6 Å². The summed E-state index contributed by atoms with van der Waals surface area (Å²) >= 11 is 0. The number of aromatic hydroxyl groups is 1. The standard InChI is InChI=1S/C32H38O19/c1-44-15-6-16(35)19-17(7-15)49-24(13-2-4-14(5-3-13)48-28-23(39)22(38)20(36)18(8-33)50-28)25(21(19)37)51-30-27(41)32(43,12-47-30)11-46-29-26(40)31(42,9-34)10-45-29/h2-7,18,20,22-23,26-30,33-36,38-43H,8-12H2,1H3/t18?,20-,22+,23?,26-,27-,28-,29+,30+,31?,32?/m1/s1. The van der Waals surface area contributed by atoms with Gasteiger partial charge in [-0.15, -0.1) is 0 Å². The maximum atomic E-state index is 13.9. The van der Waals surface area contributed by atoms with Gasteiger partial charge >= 0.3 is 0 Å². The van der Waals surface area contributed by atoms with Crippen LogP contribution in [0.4, 0.5) is 0 Å². The fourth-order valence-corrected chi connectivity index (χ4v) is 5.82. The Hall–Kier alpha value is -3.67. The Labute approximate surface area is 287 Å². The molecule has 6 rings (SSSR count). The van der Waals surface area contributed by atoms with Crippen LogP contribution in [0.1, 0.15) is 0 Å². The Balaban J connectivity index is 1.27. The lowest BCUT2D eigenvalue weighted by atomic mass is 9.99. The van der Waals surface area contributed by atoms with Crippen LogP contribution in [0.25, 0.3) is 22.3 Å². The number of phenolic OH excluding ortho intramolecular Hbond substituents is 1. The highest BCUT2D eigenvalue weighted by Gasteiger charge is 2.53. The van der Waals surface area contributed by atoms with Crippen LogP contribution in [0.2, 0.25) is 0 Å². The van der Waals surface area contributed by atoms with E-state index in [1.54, 1.807) is 0 Å². The van der Waals surface area contributed by atoms with Crippen LogP contribution in [-0.2, 0) is 18.9 Å². The lowest BCUT2D eigenvalue weighted by Crippen LogP contribution is -2.60. The number of aliphatic hydroxyl groups excluding tert-OH is 7. The molecule has 10 N–H and O–H groups in total. The molecule has 0 bridgehead atoms. The predicted octanol–water partition coefficient (Wildman–Crippen LogP) is -3.36. The summed E-state index contributed by atoms with van der Waals surface area (Å²) in [4.78, 5) is 13.9. The third-order valence-corrected chi connectivity index (χ3v) is 8.98. The Morgan fingerprint density at radius 2 is 1.49 bits per heavy atom. The molecule has 11 atom stereocenters. The number of hydrogen-bond donors (Lipinski definition) is 10. The quantitative estimate of drug-likeness (QED) is 0.0923. The van der Waals surface area contributed by atoms with Crippen molar-refractivity contribution in [3.8, 4) is 34.3 Å². The topological polar surface area (TPSA) is 297 Å². The van der Waals surface area contributed by atoms with Crippen LogP contribution in [0.15, 0.2) is 45.6 Å². The lowest BCUT2D eigenvalue weighted by molar-refractivity contribution is -0.277. The normalized spacial score (nSPS) is 35.3. The van der Waals surface area contributed by atoms with Gasteiger partial charge in [-0.25, -0.2) is 0 Å². The monoisotopic (exact) mass is 726 g/mol. The number of rotatable bonds is 11. The van der Waals surface area contributed by atoms with Crippen molar-refractivity contribution in [2.75, 3.05) is 40.1 Å². The number of ether oxygens (including phenoxy) is 7. The molecule has 3 aliphatic heterocycles. The maximum Gasteiger partial charge on any atom is 0.239 e. The number of hydrogen-bond acceptors (Lipinski definition) is 19. The molecular weight excluding hydrogens is 688 g/mol. The minimum Gasteiger partial charge on any atom is -0.507 e. The van der Waals surface area contributed by atoms with Crippen molar-refractivity contribution >= 4 is 11.0 Å². The van der Waals surface area contributed by atoms with Crippen molar-refractivity contribution in [3.63, 3.8) is 0 Å². The van der Waals surface area contributed by atoms with E-state index >= 15 is 0 Å². The van der Waals surface area contributed by atoms with Crippen LogP contribution in [0.3, 0.4) is 0 Å². The highest BCUT2D eigenvalue weighted by Crippen LogP contribution is 2.39. The predicted molar refractivity (Wildman–Crippen MR) is 166 cm³/mol. The zero-order valence-corrected chi connectivity index (χ0v) is 26.8. The van der Waals surface area contributed by atoms with Gasteiger partial charge in [0.25, 0.3) is 0 Å². The van der Waals surface area contributed by atoms with Crippen molar-refractivity contribution in [1.82, 2.24) is 0 Å². The van der Waals surface area contributed by atoms with E-state index in [1.807, 2.05) is 0 Å². The second-order valence-electron chi connectivity index (χ2n) is 12.5. The summed E-state index contributed by atoms with van der Waals surface area (Å²) in [5.74, 6) is -1.07. The van der Waals surface area contributed by atoms with Gasteiger partial charge in [-0.3, -0.25) is 4.79 Å². The second-order valence-corrected chi connectivity index (χ2v) is 12.5. The molecule has 0 radical (unpaired) electrons. The zero-order valence-electron chi connectivity index (χ0n) is 26.8. The summed E-state index contributed by atoms with van der Waals surface area (Å²) in [7, 11) is 1.33. The van der Waals surface area contributed by atoms with Crippen molar-refractivity contribution in [2.24, 2.45) is 0 Å². The van der Waals surface area contributed by atoms with Crippen molar-refractivity contribution in [3.05, 3.63) is 46.6 Å². The van der Waals surface area contributed by atoms with Gasteiger partial charge < -0.3 is 88.6 Å². The summed E-state index contributed by atoms with van der Waals surface area (Å²) < 4.78 is 44.1. The first-order valence-electron chi connectivity index (χ1n) is 15.6. The fraction of sp³-hybridized carbons (Fsp3) is 0.531. The van der Waals surface area contributed by atoms with Gasteiger partial charge in [0.2, 0.25) is 23.8 Å². The number of aliphatic hydroxyl groups is 9. The largest absolute Gasteiger partial charge is 0.507 e. The van der Waals surface area contributed by atoms with Crippen LogP contribution in [0, 0.1) is 0 Å². The van der Waals surface area contributed by atoms with Gasteiger partial charge in [0.1, 0.15) is 76.0 Å². The van der Waals surface area contributed by atoms with E-state index in [2.05, 4.69) is 0 Å². The molecule has 0 amide bonds. The van der Waals surface area contributed by atoms with Gasteiger partial charge in [0.15, 0.2) is 12.1 Å². The van der Waals surface area contributed by atoms with E-state index < -0.39 is 117 Å². The van der Waals surface area contributed by atoms with E-state index in [4.69, 9.17) is 37.6 Å². The zero-order chi connectivity index (χ0) is 36.8. The van der Waals surface area contributed by atoms with E-state index in [-0.39, 0.29) is 33.8 Å². The molecule has 1 aromatic heterocycles. The molecule has 3 fully saturated rings. The van der Waals surface area contributed by atoms with Gasteiger partial charge in [-0.05, 0) is 24.3 Å². The smallest absolute Gasteiger partial charge is 0.239 e. The van der Waals surface area contributed by atoms with E-state index in [0.717, 1.165) is 0 Å². The molecule has 2 aromatic carbocycles. The van der Waals surface area contributed by atoms with Gasteiger partial charge in [-0.1, -0.05) is 0 Å². The molecule has 0 aliphatic carbocycles. The summed E-state index contributed by atoms with van der Waals surface area (Å²) in [5, 5.41) is 102. The molecule has 0 saturated carbocycles. The molecule has 3 aromatic rings. The molecular formula is C32H38O19. The molecule has 3 saturated heterocycles. The third-order valence-electron chi connectivity index (χ3n) is 8.98. The molecule has 0 spiro atoms. The minimum absolute atomic E-state index is 0.0846. The van der Waals surface area contributed by atoms with E-state index in [1.165, 1.54) is 43.5 Å². The summed E-state index contributed by atoms with van der Waals surface area (Å²) in [6.07, 6.45) is -14.4. The third kappa shape index (κ3) is 6.84. The summed E-state index contributed by atoms with van der Waals surface area (Å²) in [6, 6.07) is 8.08. The first kappa shape index (κ1) is 37.1. The fourth-order valence-electron chi connectivity index (χ4n) is 5.82. The first-order chi connectivity index (χ1) is 24.2. The number of methoxy groups -OCH3 is 1. The van der Waals surface area contributed by atoms with Gasteiger partial charge in [0, 0.05) is 17.7 Å². The average Bonchev–Trinajstić information content (AvgIpc) is 3.58. The molecule has 19 nitrogen and oxygen atoms in total. The molecule has 280 valence electrons. The summed E-state index contributed by atoms with van der Waals surface area (Å²) in [5.41, 5.74) is -5.01. The Bertz CT molecular complexity index is 1750. The average molecular weight is 727 g/mol. The SMILES string of the molecule is COc1cc(O)c2c(=O)c(O[C@@H]3OCC(O)(CO[C@@H]4OCC(O)(CO)[C@@H]4O)[C@@H]3O)c(-c3ccc(O[C@@H]4OC(CO)[C@@H](O)[C@H](O)C4O)cc3)oc2c1. The van der Waals surface area contributed by atoms with Crippen molar-refractivity contribution in [1.29, 1.82) is 0 Å². The summed E-state index contributed by atoms with van der Waals surface area (Å²) in [6.45, 7) is -3.24. The van der Waals surface area contributed by atoms with Gasteiger partial charge in [-0.2, -0.15) is 0 Å². The van der Waals surface area contributed by atoms with Crippen molar-refractivity contribution < 1.29 is 88.6 Å². The molecule has 19 heteroatoms. The molecule has 51 heavy (non-hydrogen) atoms. The highest BCUT2D eigenvalue weighted by molar-refractivity contribution is 5.88. The molecule has 3 aliphatic rings. The Morgan fingerprint density at radius 1 is 0.824 bits per heavy atom. The van der Waals surface area contributed by atoms with Crippen molar-refractivity contribution in [2.45, 2.75) is 66.7 Å². The van der Waals surface area contributed by atoms with E-state index in [9.17, 15) is 55.9 Å². The Kier molecular flexibility index (Phi) is 10.5. The van der Waals surface area contributed by atoms with Crippen LogP contribution in [-0.4, -0.2) is 158 Å². The highest BCUT2D eigenvalue weighted by atomic mass is 16.7. The molecule has 4 unspecified atom stereocenters. The molecule has 4 heterocycles. The maximum absolute atomic E-state index is 13.9. The lowest BCUT2D eigenvalue weighted by Gasteiger charge is -2.39. The Morgan fingerprint density at radius 3 is 2.14 bits per heavy atom.